The van der Waals surface area contributed by atoms with Gasteiger partial charge in [0.1, 0.15) is 0 Å². The Morgan fingerprint density at radius 1 is 1.55 bits per heavy atom. The average Bonchev–Trinajstić information content (AvgIpc) is 1.95. The normalized spacial score (nSPS) is 30.0. The van der Waals surface area contributed by atoms with Gasteiger partial charge in [0.15, 0.2) is 5.78 Å². The molecule has 0 N–H and O–H groups in total. The van der Waals surface area contributed by atoms with Crippen molar-refractivity contribution in [3.05, 3.63) is 11.6 Å². The van der Waals surface area contributed by atoms with Crippen molar-refractivity contribution in [2.24, 2.45) is 11.3 Å². The van der Waals surface area contributed by atoms with Gasteiger partial charge < -0.3 is 0 Å². The summed E-state index contributed by atoms with van der Waals surface area (Å²) in [5.74, 6) is 0.801. The van der Waals surface area contributed by atoms with Crippen molar-refractivity contribution in [2.75, 3.05) is 0 Å². The van der Waals surface area contributed by atoms with Crippen LogP contribution in [0, 0.1) is 11.3 Å². The summed E-state index contributed by atoms with van der Waals surface area (Å²) in [7, 11) is 0. The lowest BCUT2D eigenvalue weighted by atomic mass is 9.69. The Labute approximate surface area is 68.5 Å². The molecular weight excluding hydrogens is 136 g/mol. The van der Waals surface area contributed by atoms with E-state index in [0.717, 1.165) is 12.0 Å². The fourth-order valence-electron chi connectivity index (χ4n) is 1.47. The van der Waals surface area contributed by atoms with Gasteiger partial charge in [0.05, 0.1) is 0 Å². The first kappa shape index (κ1) is 8.51. The van der Waals surface area contributed by atoms with Gasteiger partial charge in [-0.2, -0.15) is 0 Å². The zero-order valence-electron chi connectivity index (χ0n) is 7.77. The first-order valence-electron chi connectivity index (χ1n) is 4.18. The molecule has 0 amide bonds. The van der Waals surface area contributed by atoms with E-state index >= 15 is 0 Å². The number of Topliss-reactive ketones (excluding diaryl/α,β-unsaturated/α-hetero) is 1. The van der Waals surface area contributed by atoms with Crippen molar-refractivity contribution in [1.29, 1.82) is 0 Å². The van der Waals surface area contributed by atoms with Crippen LogP contribution in [-0.4, -0.2) is 5.78 Å². The van der Waals surface area contributed by atoms with Crippen molar-refractivity contribution in [3.8, 4) is 0 Å². The fraction of sp³-hybridized carbons (Fsp3) is 0.700. The van der Waals surface area contributed by atoms with Crippen LogP contribution in [0.25, 0.3) is 0 Å². The first-order valence-corrected chi connectivity index (χ1v) is 4.18. The van der Waals surface area contributed by atoms with E-state index in [9.17, 15) is 4.79 Å². The highest BCUT2D eigenvalue weighted by molar-refractivity contribution is 5.99. The number of carbonyl (C=O) groups excluding carboxylic acids is 1. The van der Waals surface area contributed by atoms with Gasteiger partial charge in [0.25, 0.3) is 0 Å². The van der Waals surface area contributed by atoms with E-state index < -0.39 is 0 Å². The quantitative estimate of drug-likeness (QED) is 0.521. The SMILES string of the molecule is CC1=CC[C@H](C)C(C)(C)C1=O. The molecule has 1 rings (SSSR count). The zero-order valence-corrected chi connectivity index (χ0v) is 7.77. The molecule has 0 spiro atoms. The molecule has 0 fully saturated rings. The predicted molar refractivity (Wildman–Crippen MR) is 46.3 cm³/mol. The monoisotopic (exact) mass is 152 g/mol. The van der Waals surface area contributed by atoms with Crippen LogP contribution >= 0.6 is 0 Å². The minimum atomic E-state index is -0.140. The van der Waals surface area contributed by atoms with Crippen LogP contribution in [0.1, 0.15) is 34.1 Å². The number of hydrogen-bond donors (Lipinski definition) is 0. The Hall–Kier alpha value is -0.590. The lowest BCUT2D eigenvalue weighted by Crippen LogP contribution is -2.34. The molecule has 1 nitrogen and oxygen atoms in total. The summed E-state index contributed by atoms with van der Waals surface area (Å²) in [4.78, 5) is 11.6. The summed E-state index contributed by atoms with van der Waals surface area (Å²) in [6.45, 7) is 8.13. The number of rotatable bonds is 0. The van der Waals surface area contributed by atoms with Gasteiger partial charge in [-0.15, -0.1) is 0 Å². The molecule has 0 aromatic rings. The summed E-state index contributed by atoms with van der Waals surface area (Å²) in [5, 5.41) is 0. The Balaban J connectivity index is 2.99. The number of carbonyl (C=O) groups is 1. The average molecular weight is 152 g/mol. The number of hydrogen-bond acceptors (Lipinski definition) is 1. The number of ketones is 1. The van der Waals surface area contributed by atoms with Gasteiger partial charge in [0.2, 0.25) is 0 Å². The first-order chi connectivity index (χ1) is 4.96. The maximum atomic E-state index is 11.6. The van der Waals surface area contributed by atoms with E-state index in [-0.39, 0.29) is 5.41 Å². The summed E-state index contributed by atoms with van der Waals surface area (Å²) in [6, 6.07) is 0. The maximum Gasteiger partial charge on any atom is 0.164 e. The van der Waals surface area contributed by atoms with Gasteiger partial charge in [-0.1, -0.05) is 26.8 Å². The van der Waals surface area contributed by atoms with E-state index in [1.165, 1.54) is 0 Å². The molecule has 0 saturated carbocycles. The summed E-state index contributed by atoms with van der Waals surface area (Å²) < 4.78 is 0. The second-order valence-electron chi connectivity index (χ2n) is 4.07. The molecule has 1 atom stereocenters. The van der Waals surface area contributed by atoms with Crippen LogP contribution in [0.5, 0.6) is 0 Å². The minimum absolute atomic E-state index is 0.140. The molecular formula is C10H16O. The highest BCUT2D eigenvalue weighted by atomic mass is 16.1. The molecule has 0 heterocycles. The van der Waals surface area contributed by atoms with Crippen LogP contribution < -0.4 is 0 Å². The van der Waals surface area contributed by atoms with Crippen molar-refractivity contribution >= 4 is 5.78 Å². The van der Waals surface area contributed by atoms with Crippen molar-refractivity contribution in [3.63, 3.8) is 0 Å². The summed E-state index contributed by atoms with van der Waals surface area (Å²) in [6.07, 6.45) is 3.10. The zero-order chi connectivity index (χ0) is 8.65. The van der Waals surface area contributed by atoms with E-state index in [4.69, 9.17) is 0 Å². The van der Waals surface area contributed by atoms with Crippen LogP contribution in [0.4, 0.5) is 0 Å². The second kappa shape index (κ2) is 2.47. The third-order valence-corrected chi connectivity index (χ3v) is 2.95. The number of allylic oxidation sites excluding steroid dienone is 2. The molecule has 0 saturated heterocycles. The van der Waals surface area contributed by atoms with Crippen LogP contribution in [-0.2, 0) is 4.79 Å². The van der Waals surface area contributed by atoms with Crippen LogP contribution in [0.2, 0.25) is 0 Å². The van der Waals surface area contributed by atoms with E-state index in [2.05, 4.69) is 13.0 Å². The highest BCUT2D eigenvalue weighted by Crippen LogP contribution is 2.36. The van der Waals surface area contributed by atoms with Gasteiger partial charge in [0, 0.05) is 5.41 Å². The molecule has 0 aromatic carbocycles. The Morgan fingerprint density at radius 3 is 2.55 bits per heavy atom. The molecule has 0 unspecified atom stereocenters. The molecule has 0 radical (unpaired) electrons. The molecule has 1 aliphatic carbocycles. The van der Waals surface area contributed by atoms with Gasteiger partial charge in [-0.05, 0) is 24.8 Å². The molecule has 1 aliphatic rings. The highest BCUT2D eigenvalue weighted by Gasteiger charge is 2.36. The Kier molecular flexibility index (Phi) is 1.91. The predicted octanol–water partition coefficient (Wildman–Crippen LogP) is 2.57. The lowest BCUT2D eigenvalue weighted by molar-refractivity contribution is -0.126. The lowest BCUT2D eigenvalue weighted by Gasteiger charge is -2.33. The topological polar surface area (TPSA) is 17.1 Å². The third kappa shape index (κ3) is 1.24. The Bertz CT molecular complexity index is 211. The van der Waals surface area contributed by atoms with Crippen LogP contribution in [0.3, 0.4) is 0 Å². The van der Waals surface area contributed by atoms with Crippen molar-refractivity contribution in [2.45, 2.75) is 34.1 Å². The van der Waals surface area contributed by atoms with Gasteiger partial charge in [-0.3, -0.25) is 4.79 Å². The van der Waals surface area contributed by atoms with Gasteiger partial charge in [-0.25, -0.2) is 0 Å². The standard InChI is InChI=1S/C10H16O/c1-7-5-6-8(2)10(3,4)9(7)11/h5,8H,6H2,1-4H3/t8-/m0/s1. The smallest absolute Gasteiger partial charge is 0.164 e. The van der Waals surface area contributed by atoms with Crippen LogP contribution in [0.15, 0.2) is 11.6 Å². The second-order valence-corrected chi connectivity index (χ2v) is 4.07. The van der Waals surface area contributed by atoms with Crippen molar-refractivity contribution < 1.29 is 4.79 Å². The van der Waals surface area contributed by atoms with E-state index in [1.54, 1.807) is 0 Å². The van der Waals surface area contributed by atoms with E-state index in [0.29, 0.717) is 11.7 Å². The Morgan fingerprint density at radius 2 is 2.09 bits per heavy atom. The molecule has 0 bridgehead atoms. The molecule has 0 aliphatic heterocycles. The third-order valence-electron chi connectivity index (χ3n) is 2.95. The molecule has 11 heavy (non-hydrogen) atoms. The van der Waals surface area contributed by atoms with Crippen molar-refractivity contribution in [1.82, 2.24) is 0 Å². The summed E-state index contributed by atoms with van der Waals surface area (Å²) in [5.41, 5.74) is 0.798. The molecule has 0 aromatic heterocycles. The largest absolute Gasteiger partial charge is 0.294 e. The fourth-order valence-corrected chi connectivity index (χ4v) is 1.47. The molecule has 62 valence electrons. The maximum absolute atomic E-state index is 11.6. The minimum Gasteiger partial charge on any atom is -0.294 e. The van der Waals surface area contributed by atoms with Gasteiger partial charge >= 0.3 is 0 Å². The van der Waals surface area contributed by atoms with E-state index in [1.807, 2.05) is 20.8 Å². The summed E-state index contributed by atoms with van der Waals surface area (Å²) >= 11 is 0. The molecule has 1 heteroatoms.